The first-order valence-electron chi connectivity index (χ1n) is 6.28. The standard InChI is InChI=1S/C13H16FN3O3/c14-10-2-1-8(13(15)19)5-11(10)17-12(18)6-9-7-16-3-4-20-9/h1-2,5,9,16H,3-4,6-7H2,(H2,15,19)(H,17,18). The smallest absolute Gasteiger partial charge is 0.248 e. The lowest BCUT2D eigenvalue weighted by Crippen LogP contribution is -2.40. The van der Waals surface area contributed by atoms with Gasteiger partial charge in [0.25, 0.3) is 0 Å². The van der Waals surface area contributed by atoms with E-state index in [0.717, 1.165) is 12.6 Å². The second-order valence-electron chi connectivity index (χ2n) is 4.51. The van der Waals surface area contributed by atoms with Gasteiger partial charge in [-0.2, -0.15) is 0 Å². The van der Waals surface area contributed by atoms with E-state index in [1.807, 2.05) is 0 Å². The van der Waals surface area contributed by atoms with Gasteiger partial charge in [-0.25, -0.2) is 4.39 Å². The van der Waals surface area contributed by atoms with Crippen molar-refractivity contribution in [3.8, 4) is 0 Å². The Morgan fingerprint density at radius 3 is 2.95 bits per heavy atom. The Kier molecular flexibility index (Phi) is 4.65. The Balaban J connectivity index is 1.99. The van der Waals surface area contributed by atoms with Gasteiger partial charge in [-0.05, 0) is 18.2 Å². The zero-order chi connectivity index (χ0) is 14.5. The third-order valence-electron chi connectivity index (χ3n) is 2.94. The Bertz CT molecular complexity index is 516. The maximum Gasteiger partial charge on any atom is 0.248 e. The molecule has 20 heavy (non-hydrogen) atoms. The van der Waals surface area contributed by atoms with Crippen molar-refractivity contribution in [2.24, 2.45) is 5.73 Å². The van der Waals surface area contributed by atoms with Crippen LogP contribution in [0, 0.1) is 5.82 Å². The van der Waals surface area contributed by atoms with Gasteiger partial charge >= 0.3 is 0 Å². The van der Waals surface area contributed by atoms with Crippen LogP contribution in [0.2, 0.25) is 0 Å². The monoisotopic (exact) mass is 281 g/mol. The summed E-state index contributed by atoms with van der Waals surface area (Å²) < 4.78 is 18.9. The number of nitrogens with two attached hydrogens (primary N) is 1. The lowest BCUT2D eigenvalue weighted by Gasteiger charge is -2.23. The molecule has 0 radical (unpaired) electrons. The number of anilines is 1. The number of nitrogens with one attached hydrogen (secondary N) is 2. The Hall–Kier alpha value is -1.99. The van der Waals surface area contributed by atoms with Crippen molar-refractivity contribution in [2.75, 3.05) is 25.0 Å². The highest BCUT2D eigenvalue weighted by Crippen LogP contribution is 2.16. The van der Waals surface area contributed by atoms with Gasteiger partial charge in [-0.1, -0.05) is 0 Å². The van der Waals surface area contributed by atoms with E-state index in [1.165, 1.54) is 12.1 Å². The van der Waals surface area contributed by atoms with Crippen LogP contribution in [0.1, 0.15) is 16.8 Å². The van der Waals surface area contributed by atoms with Crippen molar-refractivity contribution < 1.29 is 18.7 Å². The summed E-state index contributed by atoms with van der Waals surface area (Å²) in [6.07, 6.45) is -0.112. The molecule has 1 heterocycles. The maximum atomic E-state index is 13.6. The highest BCUT2D eigenvalue weighted by Gasteiger charge is 2.18. The molecule has 1 unspecified atom stereocenters. The van der Waals surface area contributed by atoms with Gasteiger partial charge in [0.2, 0.25) is 11.8 Å². The summed E-state index contributed by atoms with van der Waals surface area (Å²) in [4.78, 5) is 22.8. The fraction of sp³-hybridized carbons (Fsp3) is 0.385. The Labute approximate surface area is 115 Å². The highest BCUT2D eigenvalue weighted by atomic mass is 19.1. The number of hydrogen-bond acceptors (Lipinski definition) is 4. The SMILES string of the molecule is NC(=O)c1ccc(F)c(NC(=O)CC2CNCCO2)c1. The molecule has 6 nitrogen and oxygen atoms in total. The molecule has 0 bridgehead atoms. The summed E-state index contributed by atoms with van der Waals surface area (Å²) >= 11 is 0. The zero-order valence-corrected chi connectivity index (χ0v) is 10.8. The van der Waals surface area contributed by atoms with E-state index in [9.17, 15) is 14.0 Å². The molecule has 1 aliphatic rings. The Morgan fingerprint density at radius 2 is 2.30 bits per heavy atom. The molecule has 1 aliphatic heterocycles. The van der Waals surface area contributed by atoms with Crippen LogP contribution in [0.4, 0.5) is 10.1 Å². The van der Waals surface area contributed by atoms with Gasteiger partial charge in [0.15, 0.2) is 0 Å². The molecular formula is C13H16FN3O3. The highest BCUT2D eigenvalue weighted by molar-refractivity contribution is 5.96. The summed E-state index contributed by atoms with van der Waals surface area (Å²) in [6.45, 7) is 1.88. The molecule has 1 aromatic carbocycles. The number of carbonyl (C=O) groups is 2. The predicted octanol–water partition coefficient (Wildman–Crippen LogP) is 0.242. The average Bonchev–Trinajstić information content (AvgIpc) is 2.42. The van der Waals surface area contributed by atoms with Gasteiger partial charge in [0.1, 0.15) is 5.82 Å². The van der Waals surface area contributed by atoms with Crippen LogP contribution < -0.4 is 16.4 Å². The number of amides is 2. The molecule has 108 valence electrons. The van der Waals surface area contributed by atoms with Gasteiger partial charge in [0, 0.05) is 18.7 Å². The average molecular weight is 281 g/mol. The van der Waals surface area contributed by atoms with E-state index in [4.69, 9.17) is 10.5 Å². The predicted molar refractivity (Wildman–Crippen MR) is 70.8 cm³/mol. The van der Waals surface area contributed by atoms with Crippen molar-refractivity contribution >= 4 is 17.5 Å². The molecule has 0 spiro atoms. The number of ether oxygens (including phenoxy) is 1. The van der Waals surface area contributed by atoms with E-state index in [-0.39, 0.29) is 29.7 Å². The summed E-state index contributed by atoms with van der Waals surface area (Å²) in [7, 11) is 0. The molecular weight excluding hydrogens is 265 g/mol. The summed E-state index contributed by atoms with van der Waals surface area (Å²) in [5, 5.41) is 5.52. The van der Waals surface area contributed by atoms with E-state index >= 15 is 0 Å². The largest absolute Gasteiger partial charge is 0.375 e. The number of morpholine rings is 1. The molecule has 4 N–H and O–H groups in total. The van der Waals surface area contributed by atoms with Crippen LogP contribution in [0.3, 0.4) is 0 Å². The first-order valence-corrected chi connectivity index (χ1v) is 6.28. The van der Waals surface area contributed by atoms with E-state index in [0.29, 0.717) is 13.2 Å². The van der Waals surface area contributed by atoms with Crippen molar-refractivity contribution in [3.63, 3.8) is 0 Å². The van der Waals surface area contributed by atoms with Gasteiger partial charge in [0.05, 0.1) is 24.8 Å². The number of carbonyl (C=O) groups excluding carboxylic acids is 2. The number of benzene rings is 1. The molecule has 2 rings (SSSR count). The topological polar surface area (TPSA) is 93.5 Å². The van der Waals surface area contributed by atoms with Crippen molar-refractivity contribution in [1.29, 1.82) is 0 Å². The summed E-state index contributed by atoms with van der Waals surface area (Å²) in [5.41, 5.74) is 5.19. The number of hydrogen-bond donors (Lipinski definition) is 3. The number of rotatable bonds is 4. The van der Waals surface area contributed by atoms with E-state index in [1.54, 1.807) is 0 Å². The summed E-state index contributed by atoms with van der Waals surface area (Å²) in [6, 6.07) is 3.57. The van der Waals surface area contributed by atoms with Crippen molar-refractivity contribution in [1.82, 2.24) is 5.32 Å². The molecule has 1 fully saturated rings. The second kappa shape index (κ2) is 6.44. The molecule has 0 aromatic heterocycles. The Morgan fingerprint density at radius 1 is 1.50 bits per heavy atom. The molecule has 7 heteroatoms. The quantitative estimate of drug-likeness (QED) is 0.737. The van der Waals surface area contributed by atoms with Gasteiger partial charge in [-0.3, -0.25) is 9.59 Å². The molecule has 1 aromatic rings. The third-order valence-corrected chi connectivity index (χ3v) is 2.94. The minimum Gasteiger partial charge on any atom is -0.375 e. The van der Waals surface area contributed by atoms with E-state index < -0.39 is 11.7 Å². The second-order valence-corrected chi connectivity index (χ2v) is 4.51. The lowest BCUT2D eigenvalue weighted by molar-refractivity contribution is -0.119. The van der Waals surface area contributed by atoms with Crippen LogP contribution in [0.15, 0.2) is 18.2 Å². The zero-order valence-electron chi connectivity index (χ0n) is 10.8. The minimum absolute atomic E-state index is 0.0601. The molecule has 1 saturated heterocycles. The van der Waals surface area contributed by atoms with Crippen LogP contribution in [0.25, 0.3) is 0 Å². The molecule has 1 atom stereocenters. The fourth-order valence-corrected chi connectivity index (χ4v) is 1.93. The van der Waals surface area contributed by atoms with Gasteiger partial charge in [-0.15, -0.1) is 0 Å². The molecule has 0 aliphatic carbocycles. The summed E-state index contributed by atoms with van der Waals surface area (Å²) in [5.74, 6) is -1.68. The molecule has 2 amide bonds. The van der Waals surface area contributed by atoms with Crippen LogP contribution >= 0.6 is 0 Å². The van der Waals surface area contributed by atoms with Gasteiger partial charge < -0.3 is 21.1 Å². The van der Waals surface area contributed by atoms with Crippen molar-refractivity contribution in [3.05, 3.63) is 29.6 Å². The van der Waals surface area contributed by atoms with Crippen LogP contribution in [-0.2, 0) is 9.53 Å². The number of primary amides is 1. The third kappa shape index (κ3) is 3.75. The van der Waals surface area contributed by atoms with Crippen LogP contribution in [0.5, 0.6) is 0 Å². The molecule has 0 saturated carbocycles. The van der Waals surface area contributed by atoms with Crippen molar-refractivity contribution in [2.45, 2.75) is 12.5 Å². The normalized spacial score (nSPS) is 18.6. The van der Waals surface area contributed by atoms with E-state index in [2.05, 4.69) is 10.6 Å². The minimum atomic E-state index is -0.680. The lowest BCUT2D eigenvalue weighted by atomic mass is 10.1. The first kappa shape index (κ1) is 14.4. The van der Waals surface area contributed by atoms with Crippen LogP contribution in [-0.4, -0.2) is 37.6 Å². The first-order chi connectivity index (χ1) is 9.56. The fourth-order valence-electron chi connectivity index (χ4n) is 1.93. The maximum absolute atomic E-state index is 13.6. The number of halogens is 1.